The quantitative estimate of drug-likeness (QED) is 0.505. The third kappa shape index (κ3) is 2.80. The van der Waals surface area contributed by atoms with Gasteiger partial charge in [-0.15, -0.1) is 0 Å². The Kier molecular flexibility index (Phi) is 3.92. The first-order valence-electron chi connectivity index (χ1n) is 5.97. The van der Waals surface area contributed by atoms with Crippen molar-refractivity contribution in [3.63, 3.8) is 0 Å². The van der Waals surface area contributed by atoms with Crippen LogP contribution in [0.4, 0.5) is 0 Å². The summed E-state index contributed by atoms with van der Waals surface area (Å²) >= 11 is 12.1. The summed E-state index contributed by atoms with van der Waals surface area (Å²) in [5.74, 6) is 0. The van der Waals surface area contributed by atoms with Gasteiger partial charge >= 0.3 is 0 Å². The Morgan fingerprint density at radius 2 is 1.00 bits per heavy atom. The van der Waals surface area contributed by atoms with Crippen LogP contribution in [-0.4, -0.2) is 9.97 Å². The van der Waals surface area contributed by atoms with Gasteiger partial charge in [0.1, 0.15) is 0 Å². The van der Waals surface area contributed by atoms with Crippen molar-refractivity contribution in [2.75, 3.05) is 0 Å². The average Bonchev–Trinajstić information content (AvgIpc) is 2.82. The van der Waals surface area contributed by atoms with E-state index in [0.717, 1.165) is 31.5 Å². The van der Waals surface area contributed by atoms with Crippen LogP contribution < -0.4 is 0 Å². The molecule has 0 radical (unpaired) electrons. The van der Waals surface area contributed by atoms with Crippen LogP contribution in [0.15, 0.2) is 57.5 Å². The molecule has 2 N–H and O–H groups in total. The number of H-pyrrole nitrogens is 2. The lowest BCUT2D eigenvalue weighted by molar-refractivity contribution is 1.27. The molecule has 0 bridgehead atoms. The molecule has 20 heavy (non-hydrogen) atoms. The number of hydrogen-bond donors (Lipinski definition) is 2. The van der Waals surface area contributed by atoms with Gasteiger partial charge in [-0.05, 0) is 36.5 Å². The molecule has 0 saturated carbocycles. The molecule has 0 aliphatic rings. The fourth-order valence-corrected chi connectivity index (χ4v) is 2.78. The molecule has 0 fully saturated rings. The molecular weight excluding hydrogens is 400 g/mol. The minimum atomic E-state index is 0.626. The molecule has 0 aliphatic heterocycles. The van der Waals surface area contributed by atoms with Crippen molar-refractivity contribution in [1.29, 1.82) is 0 Å². The lowest BCUT2D eigenvalue weighted by Gasteiger charge is -2.04. The molecular formula is C15H10Br2N2S. The first-order valence-corrected chi connectivity index (χ1v) is 7.97. The average molecular weight is 410 g/mol. The summed E-state index contributed by atoms with van der Waals surface area (Å²) in [7, 11) is 0. The van der Waals surface area contributed by atoms with E-state index in [-0.39, 0.29) is 0 Å². The SMILES string of the molecule is S=c1[nH]c(-c2ccc(Br)cc2)c(-c2ccc(Br)cc2)[nH]1. The fourth-order valence-electron chi connectivity index (χ4n) is 2.05. The summed E-state index contributed by atoms with van der Waals surface area (Å²) in [5.41, 5.74) is 4.20. The fraction of sp³-hybridized carbons (Fsp3) is 0. The van der Waals surface area contributed by atoms with Crippen LogP contribution in [0.3, 0.4) is 0 Å². The molecule has 5 heteroatoms. The lowest BCUT2D eigenvalue weighted by atomic mass is 10.1. The van der Waals surface area contributed by atoms with Crippen molar-refractivity contribution < 1.29 is 0 Å². The van der Waals surface area contributed by atoms with Crippen LogP contribution in [0, 0.1) is 4.77 Å². The second-order valence-electron chi connectivity index (χ2n) is 4.34. The van der Waals surface area contributed by atoms with E-state index < -0.39 is 0 Å². The van der Waals surface area contributed by atoms with Crippen LogP contribution in [0.1, 0.15) is 0 Å². The van der Waals surface area contributed by atoms with Crippen molar-refractivity contribution in [3.05, 3.63) is 62.2 Å². The standard InChI is InChI=1S/C15H10Br2N2S/c16-11-5-1-9(2-6-11)13-14(19-15(20)18-13)10-3-7-12(17)8-4-10/h1-8H,(H2,18,19,20). The van der Waals surface area contributed by atoms with Gasteiger partial charge in [-0.3, -0.25) is 0 Å². The van der Waals surface area contributed by atoms with E-state index >= 15 is 0 Å². The molecule has 100 valence electrons. The lowest BCUT2D eigenvalue weighted by Crippen LogP contribution is -1.83. The Hall–Kier alpha value is -1.17. The number of rotatable bonds is 2. The van der Waals surface area contributed by atoms with Crippen molar-refractivity contribution in [1.82, 2.24) is 9.97 Å². The van der Waals surface area contributed by atoms with Gasteiger partial charge in [0.2, 0.25) is 0 Å². The second kappa shape index (κ2) is 5.68. The van der Waals surface area contributed by atoms with Gasteiger partial charge in [0.05, 0.1) is 11.4 Å². The summed E-state index contributed by atoms with van der Waals surface area (Å²) in [6, 6.07) is 16.3. The summed E-state index contributed by atoms with van der Waals surface area (Å²) < 4.78 is 2.74. The summed E-state index contributed by atoms with van der Waals surface area (Å²) in [6.45, 7) is 0. The molecule has 3 aromatic rings. The Labute approximate surface area is 138 Å². The van der Waals surface area contributed by atoms with Crippen LogP contribution in [-0.2, 0) is 0 Å². The highest BCUT2D eigenvalue weighted by Gasteiger charge is 2.10. The molecule has 3 rings (SSSR count). The summed E-state index contributed by atoms with van der Waals surface area (Å²) in [5, 5.41) is 0. The van der Waals surface area contributed by atoms with Crippen molar-refractivity contribution in [2.24, 2.45) is 0 Å². The van der Waals surface area contributed by atoms with E-state index in [1.807, 2.05) is 24.3 Å². The van der Waals surface area contributed by atoms with Gasteiger partial charge < -0.3 is 9.97 Å². The van der Waals surface area contributed by atoms with E-state index in [9.17, 15) is 0 Å². The zero-order chi connectivity index (χ0) is 14.1. The van der Waals surface area contributed by atoms with Gasteiger partial charge in [0.25, 0.3) is 0 Å². The number of halogens is 2. The maximum Gasteiger partial charge on any atom is 0.175 e. The normalized spacial score (nSPS) is 10.7. The molecule has 0 spiro atoms. The van der Waals surface area contributed by atoms with E-state index in [4.69, 9.17) is 12.2 Å². The zero-order valence-electron chi connectivity index (χ0n) is 10.3. The van der Waals surface area contributed by atoms with E-state index in [1.54, 1.807) is 0 Å². The Morgan fingerprint density at radius 1 is 0.650 bits per heavy atom. The summed E-state index contributed by atoms with van der Waals surface area (Å²) in [6.07, 6.45) is 0. The Balaban J connectivity index is 2.15. The molecule has 2 aromatic carbocycles. The Morgan fingerprint density at radius 3 is 1.35 bits per heavy atom. The van der Waals surface area contributed by atoms with E-state index in [1.165, 1.54) is 0 Å². The van der Waals surface area contributed by atoms with Crippen LogP contribution in [0.25, 0.3) is 22.5 Å². The minimum absolute atomic E-state index is 0.626. The van der Waals surface area contributed by atoms with Crippen molar-refractivity contribution >= 4 is 44.1 Å². The highest BCUT2D eigenvalue weighted by atomic mass is 79.9. The minimum Gasteiger partial charge on any atom is -0.330 e. The number of hydrogen-bond acceptors (Lipinski definition) is 1. The molecule has 0 aliphatic carbocycles. The van der Waals surface area contributed by atoms with Crippen LogP contribution in [0.5, 0.6) is 0 Å². The number of aromatic nitrogens is 2. The maximum absolute atomic E-state index is 5.24. The molecule has 0 atom stereocenters. The van der Waals surface area contributed by atoms with E-state index in [0.29, 0.717) is 4.77 Å². The van der Waals surface area contributed by atoms with Gasteiger partial charge in [-0.2, -0.15) is 0 Å². The van der Waals surface area contributed by atoms with Gasteiger partial charge in [0.15, 0.2) is 4.77 Å². The van der Waals surface area contributed by atoms with Crippen molar-refractivity contribution in [2.45, 2.75) is 0 Å². The third-order valence-electron chi connectivity index (χ3n) is 2.99. The molecule has 0 unspecified atom stereocenters. The predicted molar refractivity (Wildman–Crippen MR) is 92.2 cm³/mol. The monoisotopic (exact) mass is 408 g/mol. The predicted octanol–water partition coefficient (Wildman–Crippen LogP) is 5.93. The summed E-state index contributed by atoms with van der Waals surface area (Å²) in [4.78, 5) is 6.45. The first-order chi connectivity index (χ1) is 9.63. The smallest absolute Gasteiger partial charge is 0.175 e. The first kappa shape index (κ1) is 13.8. The molecule has 0 saturated heterocycles. The molecule has 2 nitrogen and oxygen atoms in total. The van der Waals surface area contributed by atoms with Gasteiger partial charge in [-0.25, -0.2) is 0 Å². The van der Waals surface area contributed by atoms with Gasteiger partial charge in [-0.1, -0.05) is 56.1 Å². The molecule has 1 aromatic heterocycles. The molecule has 1 heterocycles. The van der Waals surface area contributed by atoms with Gasteiger partial charge in [0, 0.05) is 20.1 Å². The van der Waals surface area contributed by atoms with E-state index in [2.05, 4.69) is 66.1 Å². The highest BCUT2D eigenvalue weighted by Crippen LogP contribution is 2.30. The van der Waals surface area contributed by atoms with Crippen LogP contribution >= 0.6 is 44.1 Å². The number of aromatic amines is 2. The zero-order valence-corrected chi connectivity index (χ0v) is 14.3. The number of imidazole rings is 1. The maximum atomic E-state index is 5.24. The van der Waals surface area contributed by atoms with Crippen molar-refractivity contribution in [3.8, 4) is 22.5 Å². The largest absolute Gasteiger partial charge is 0.330 e. The Bertz CT molecular complexity index is 720. The second-order valence-corrected chi connectivity index (χ2v) is 6.58. The van der Waals surface area contributed by atoms with Crippen LogP contribution in [0.2, 0.25) is 0 Å². The topological polar surface area (TPSA) is 31.6 Å². The third-order valence-corrected chi connectivity index (χ3v) is 4.25. The highest BCUT2D eigenvalue weighted by molar-refractivity contribution is 9.10. The number of nitrogens with one attached hydrogen (secondary N) is 2. The molecule has 0 amide bonds. The number of benzene rings is 2.